The van der Waals surface area contributed by atoms with Gasteiger partial charge in [-0.2, -0.15) is 0 Å². The number of fused-ring (bicyclic) bond motifs is 1. The first-order valence-electron chi connectivity index (χ1n) is 11.0. The summed E-state index contributed by atoms with van der Waals surface area (Å²) in [6, 6.07) is 14.4. The Bertz CT molecular complexity index is 1310. The standard InChI is InChI=1S/C28H23F5/c1-2-3-4-5-6-17-7-10-21(24(29)13-17)19-8-11-22(25(30)15-19)18-9-12-23-20(14-18)16-26(31)28(33)27(23)32/h7-16H,2-6H2,1H3. The Kier molecular flexibility index (Phi) is 6.77. The lowest BCUT2D eigenvalue weighted by Crippen LogP contribution is -1.94. The average Bonchev–Trinajstić information content (AvgIpc) is 2.80. The number of unbranched alkanes of at least 4 members (excludes halogenated alkanes) is 3. The molecule has 4 rings (SSSR count). The molecule has 170 valence electrons. The Morgan fingerprint density at radius 1 is 0.576 bits per heavy atom. The van der Waals surface area contributed by atoms with Gasteiger partial charge in [-0.3, -0.25) is 0 Å². The molecule has 0 fully saturated rings. The fourth-order valence-electron chi connectivity index (χ4n) is 4.09. The fraction of sp³-hybridized carbons (Fsp3) is 0.214. The van der Waals surface area contributed by atoms with Crippen molar-refractivity contribution in [1.82, 2.24) is 0 Å². The van der Waals surface area contributed by atoms with E-state index >= 15 is 0 Å². The molecule has 0 aliphatic carbocycles. The third-order valence-electron chi connectivity index (χ3n) is 5.92. The molecule has 5 heteroatoms. The van der Waals surface area contributed by atoms with E-state index in [2.05, 4.69) is 6.92 Å². The Labute approximate surface area is 189 Å². The van der Waals surface area contributed by atoms with E-state index < -0.39 is 29.1 Å². The SMILES string of the molecule is CCCCCCc1ccc(-c2ccc(-c3ccc4c(F)c(F)c(F)cc4c3)c(F)c2)c(F)c1. The first kappa shape index (κ1) is 23.0. The maximum absolute atomic E-state index is 15.0. The van der Waals surface area contributed by atoms with Gasteiger partial charge in [0.1, 0.15) is 11.6 Å². The van der Waals surface area contributed by atoms with Crippen LogP contribution >= 0.6 is 0 Å². The highest BCUT2D eigenvalue weighted by molar-refractivity contribution is 5.88. The maximum atomic E-state index is 15.0. The average molecular weight is 454 g/mol. The molecule has 4 aromatic carbocycles. The summed E-state index contributed by atoms with van der Waals surface area (Å²) in [6.07, 6.45) is 5.21. The van der Waals surface area contributed by atoms with Crippen molar-refractivity contribution in [2.45, 2.75) is 39.0 Å². The number of hydrogen-bond acceptors (Lipinski definition) is 0. The molecule has 0 aromatic heterocycles. The number of hydrogen-bond donors (Lipinski definition) is 0. The van der Waals surface area contributed by atoms with Crippen molar-refractivity contribution in [3.8, 4) is 22.3 Å². The van der Waals surface area contributed by atoms with Crippen LogP contribution in [0.1, 0.15) is 38.2 Å². The smallest absolute Gasteiger partial charge is 0.195 e. The molecule has 0 bridgehead atoms. The van der Waals surface area contributed by atoms with Crippen molar-refractivity contribution >= 4 is 10.8 Å². The van der Waals surface area contributed by atoms with Crippen LogP contribution in [0.4, 0.5) is 22.0 Å². The molecule has 0 nitrogen and oxygen atoms in total. The molecule has 33 heavy (non-hydrogen) atoms. The summed E-state index contributed by atoms with van der Waals surface area (Å²) in [4.78, 5) is 0. The Balaban J connectivity index is 1.62. The van der Waals surface area contributed by atoms with Crippen molar-refractivity contribution in [3.05, 3.63) is 95.3 Å². The van der Waals surface area contributed by atoms with Gasteiger partial charge in [0, 0.05) is 16.5 Å². The first-order valence-corrected chi connectivity index (χ1v) is 11.0. The third kappa shape index (κ3) is 4.77. The van der Waals surface area contributed by atoms with Crippen molar-refractivity contribution in [2.75, 3.05) is 0 Å². The van der Waals surface area contributed by atoms with E-state index in [1.54, 1.807) is 12.1 Å². The second-order valence-electron chi connectivity index (χ2n) is 8.24. The van der Waals surface area contributed by atoms with Gasteiger partial charge >= 0.3 is 0 Å². The lowest BCUT2D eigenvalue weighted by Gasteiger charge is -2.10. The zero-order valence-electron chi connectivity index (χ0n) is 18.2. The highest BCUT2D eigenvalue weighted by Crippen LogP contribution is 2.33. The summed E-state index contributed by atoms with van der Waals surface area (Å²) in [5.74, 6) is -5.14. The van der Waals surface area contributed by atoms with Gasteiger partial charge in [0.25, 0.3) is 0 Å². The molecule has 0 N–H and O–H groups in total. The van der Waals surface area contributed by atoms with Crippen LogP contribution in [0.25, 0.3) is 33.0 Å². The Hall–Kier alpha value is -3.21. The predicted octanol–water partition coefficient (Wildman–Crippen LogP) is 8.99. The largest absolute Gasteiger partial charge is 0.206 e. The van der Waals surface area contributed by atoms with Gasteiger partial charge < -0.3 is 0 Å². The lowest BCUT2D eigenvalue weighted by molar-refractivity contribution is 0.453. The fourth-order valence-corrected chi connectivity index (χ4v) is 4.09. The van der Waals surface area contributed by atoms with Gasteiger partial charge in [0.15, 0.2) is 17.5 Å². The summed E-state index contributed by atoms with van der Waals surface area (Å²) in [7, 11) is 0. The second-order valence-corrected chi connectivity index (χ2v) is 8.24. The normalized spacial score (nSPS) is 11.3. The quantitative estimate of drug-likeness (QED) is 0.148. The molecule has 0 heterocycles. The van der Waals surface area contributed by atoms with Crippen molar-refractivity contribution in [1.29, 1.82) is 0 Å². The van der Waals surface area contributed by atoms with Crippen molar-refractivity contribution in [3.63, 3.8) is 0 Å². The Morgan fingerprint density at radius 3 is 1.94 bits per heavy atom. The minimum Gasteiger partial charge on any atom is -0.206 e. The van der Waals surface area contributed by atoms with E-state index in [1.165, 1.54) is 36.4 Å². The van der Waals surface area contributed by atoms with Crippen LogP contribution in [0, 0.1) is 29.1 Å². The van der Waals surface area contributed by atoms with Gasteiger partial charge in [-0.05, 0) is 59.2 Å². The molecule has 4 aromatic rings. The summed E-state index contributed by atoms with van der Waals surface area (Å²) >= 11 is 0. The molecular weight excluding hydrogens is 431 g/mol. The number of rotatable bonds is 7. The van der Waals surface area contributed by atoms with Gasteiger partial charge in [0.05, 0.1) is 0 Å². The van der Waals surface area contributed by atoms with Gasteiger partial charge in [-0.25, -0.2) is 22.0 Å². The number of benzene rings is 4. The molecule has 0 spiro atoms. The van der Waals surface area contributed by atoms with E-state index in [0.29, 0.717) is 16.7 Å². The lowest BCUT2D eigenvalue weighted by atomic mass is 9.96. The minimum atomic E-state index is -1.54. The van der Waals surface area contributed by atoms with E-state index in [-0.39, 0.29) is 16.3 Å². The van der Waals surface area contributed by atoms with Crippen LogP contribution in [0.15, 0.2) is 60.7 Å². The summed E-state index contributed by atoms with van der Waals surface area (Å²) in [5, 5.41) is 0.0273. The Morgan fingerprint density at radius 2 is 1.24 bits per heavy atom. The van der Waals surface area contributed by atoms with Gasteiger partial charge in [0.2, 0.25) is 0 Å². The van der Waals surface area contributed by atoms with Gasteiger partial charge in [-0.15, -0.1) is 0 Å². The summed E-state index contributed by atoms with van der Waals surface area (Å²) in [6.45, 7) is 2.14. The molecule has 0 saturated heterocycles. The molecule has 0 saturated carbocycles. The first-order chi connectivity index (χ1) is 15.9. The monoisotopic (exact) mass is 454 g/mol. The molecule has 0 amide bonds. The van der Waals surface area contributed by atoms with Crippen molar-refractivity contribution < 1.29 is 22.0 Å². The highest BCUT2D eigenvalue weighted by atomic mass is 19.2. The zero-order chi connectivity index (χ0) is 23.5. The van der Waals surface area contributed by atoms with Crippen LogP contribution in [0.5, 0.6) is 0 Å². The second kappa shape index (κ2) is 9.74. The van der Waals surface area contributed by atoms with Crippen LogP contribution in [-0.2, 0) is 6.42 Å². The molecule has 0 aliphatic rings. The van der Waals surface area contributed by atoms with Crippen LogP contribution in [-0.4, -0.2) is 0 Å². The van der Waals surface area contributed by atoms with Crippen LogP contribution in [0.3, 0.4) is 0 Å². The summed E-state index contributed by atoms with van der Waals surface area (Å²) in [5.41, 5.74) is 2.18. The van der Waals surface area contributed by atoms with Crippen LogP contribution < -0.4 is 0 Å². The third-order valence-corrected chi connectivity index (χ3v) is 5.92. The van der Waals surface area contributed by atoms with E-state index in [1.807, 2.05) is 6.07 Å². The number of aryl methyl sites for hydroxylation is 1. The zero-order valence-corrected chi connectivity index (χ0v) is 18.2. The van der Waals surface area contributed by atoms with Crippen LogP contribution in [0.2, 0.25) is 0 Å². The summed E-state index contributed by atoms with van der Waals surface area (Å²) < 4.78 is 70.7. The highest BCUT2D eigenvalue weighted by Gasteiger charge is 2.16. The van der Waals surface area contributed by atoms with E-state index in [4.69, 9.17) is 0 Å². The predicted molar refractivity (Wildman–Crippen MR) is 122 cm³/mol. The molecule has 0 radical (unpaired) electrons. The topological polar surface area (TPSA) is 0 Å². The van der Waals surface area contributed by atoms with Crippen molar-refractivity contribution in [2.24, 2.45) is 0 Å². The molecule has 0 atom stereocenters. The maximum Gasteiger partial charge on any atom is 0.195 e. The molecule has 0 aliphatic heterocycles. The minimum absolute atomic E-state index is 0.0912. The van der Waals surface area contributed by atoms with E-state index in [9.17, 15) is 22.0 Å². The van der Waals surface area contributed by atoms with E-state index in [0.717, 1.165) is 43.7 Å². The number of halogens is 5. The molecule has 0 unspecified atom stereocenters. The van der Waals surface area contributed by atoms with Gasteiger partial charge in [-0.1, -0.05) is 62.6 Å². The molecular formula is C28H23F5.